The van der Waals surface area contributed by atoms with Crippen molar-refractivity contribution in [2.45, 2.75) is 19.6 Å². The maximum atomic E-state index is 14.3. The smallest absolute Gasteiger partial charge is 0.338 e. The summed E-state index contributed by atoms with van der Waals surface area (Å²) in [6, 6.07) is 31.5. The molecule has 0 saturated heterocycles. The highest BCUT2D eigenvalue weighted by atomic mass is 32.1. The number of hydrogen-bond acceptors (Lipinski definition) is 8. The molecule has 1 aromatic heterocycles. The van der Waals surface area contributed by atoms with Crippen LogP contribution >= 0.6 is 11.3 Å². The van der Waals surface area contributed by atoms with E-state index in [1.807, 2.05) is 97.1 Å². The van der Waals surface area contributed by atoms with Crippen LogP contribution in [0, 0.1) is 0 Å². The molecule has 0 spiro atoms. The number of esters is 1. The minimum Gasteiger partial charge on any atom is -0.493 e. The Morgan fingerprint density at radius 2 is 1.63 bits per heavy atom. The lowest BCUT2D eigenvalue weighted by Gasteiger charge is -2.26. The number of hydrogen-bond donors (Lipinski definition) is 0. The Morgan fingerprint density at radius 3 is 2.35 bits per heavy atom. The maximum Gasteiger partial charge on any atom is 0.338 e. The van der Waals surface area contributed by atoms with Gasteiger partial charge in [-0.1, -0.05) is 90.2 Å². The van der Waals surface area contributed by atoms with Gasteiger partial charge in [0.15, 0.2) is 16.3 Å². The second-order valence-corrected chi connectivity index (χ2v) is 11.4. The SMILES string of the molecule is CCOC(=O)C1=C(c2ccccc2)N=c2s/c(=C/c3cccc(OCc4ccccc4)c3)c(=O)n2[C@@H]1c1ccc(OC)c(OC)c1. The third-order valence-corrected chi connectivity index (χ3v) is 8.48. The third-order valence-electron chi connectivity index (χ3n) is 7.50. The first-order valence-electron chi connectivity index (χ1n) is 14.8. The molecule has 2 heterocycles. The molecule has 0 fully saturated rings. The van der Waals surface area contributed by atoms with Gasteiger partial charge in [0.2, 0.25) is 0 Å². The predicted molar refractivity (Wildman–Crippen MR) is 178 cm³/mol. The number of methoxy groups -OCH3 is 2. The van der Waals surface area contributed by atoms with Gasteiger partial charge in [0, 0.05) is 5.56 Å². The minimum atomic E-state index is -0.840. The van der Waals surface area contributed by atoms with Crippen LogP contribution in [0.3, 0.4) is 0 Å². The molecule has 46 heavy (non-hydrogen) atoms. The van der Waals surface area contributed by atoms with Gasteiger partial charge in [-0.2, -0.15) is 0 Å². The molecule has 1 aliphatic heterocycles. The molecule has 1 aliphatic rings. The number of carbonyl (C=O) groups is 1. The number of ether oxygens (including phenoxy) is 4. The molecule has 0 bridgehead atoms. The highest BCUT2D eigenvalue weighted by Gasteiger charge is 2.35. The van der Waals surface area contributed by atoms with E-state index in [0.717, 1.165) is 16.7 Å². The summed E-state index contributed by atoms with van der Waals surface area (Å²) >= 11 is 1.26. The Balaban J connectivity index is 1.52. The Morgan fingerprint density at radius 1 is 0.891 bits per heavy atom. The average molecular weight is 633 g/mol. The number of aromatic nitrogens is 1. The zero-order valence-corrected chi connectivity index (χ0v) is 26.5. The lowest BCUT2D eigenvalue weighted by molar-refractivity contribution is -0.138. The predicted octanol–water partition coefficient (Wildman–Crippen LogP) is 5.53. The van der Waals surface area contributed by atoms with Crippen LogP contribution in [0.25, 0.3) is 11.8 Å². The van der Waals surface area contributed by atoms with Gasteiger partial charge < -0.3 is 18.9 Å². The molecule has 5 aromatic rings. The monoisotopic (exact) mass is 632 g/mol. The largest absolute Gasteiger partial charge is 0.493 e. The molecule has 232 valence electrons. The first-order valence-corrected chi connectivity index (χ1v) is 15.6. The lowest BCUT2D eigenvalue weighted by Crippen LogP contribution is -2.40. The molecule has 0 amide bonds. The van der Waals surface area contributed by atoms with Crippen molar-refractivity contribution in [3.05, 3.63) is 151 Å². The summed E-state index contributed by atoms with van der Waals surface area (Å²) in [5.74, 6) is 1.13. The van der Waals surface area contributed by atoms with Crippen molar-refractivity contribution in [3.8, 4) is 17.2 Å². The van der Waals surface area contributed by atoms with E-state index in [2.05, 4.69) is 0 Å². The molecular weight excluding hydrogens is 600 g/mol. The molecule has 0 saturated carbocycles. The van der Waals surface area contributed by atoms with E-state index in [-0.39, 0.29) is 17.7 Å². The normalized spacial score (nSPS) is 14.3. The van der Waals surface area contributed by atoms with Crippen molar-refractivity contribution in [1.29, 1.82) is 0 Å². The fraction of sp³-hybridized carbons (Fsp3) is 0.162. The number of carbonyl (C=O) groups excluding carboxylic acids is 1. The van der Waals surface area contributed by atoms with Crippen molar-refractivity contribution in [2.24, 2.45) is 4.99 Å². The van der Waals surface area contributed by atoms with E-state index in [1.54, 1.807) is 37.8 Å². The van der Waals surface area contributed by atoms with Gasteiger partial charge in [-0.25, -0.2) is 9.79 Å². The molecule has 9 heteroatoms. The van der Waals surface area contributed by atoms with Crippen molar-refractivity contribution in [2.75, 3.05) is 20.8 Å². The molecule has 6 rings (SSSR count). The van der Waals surface area contributed by atoms with Crippen molar-refractivity contribution in [3.63, 3.8) is 0 Å². The topological polar surface area (TPSA) is 88.4 Å². The van der Waals surface area contributed by atoms with Crippen LogP contribution in [0.15, 0.2) is 118 Å². The van der Waals surface area contributed by atoms with Crippen LogP contribution in [-0.4, -0.2) is 31.4 Å². The van der Waals surface area contributed by atoms with E-state index in [4.69, 9.17) is 23.9 Å². The first-order chi connectivity index (χ1) is 22.5. The van der Waals surface area contributed by atoms with Crippen LogP contribution in [0.1, 0.15) is 35.2 Å². The molecule has 0 N–H and O–H groups in total. The van der Waals surface area contributed by atoms with Gasteiger partial charge in [0.05, 0.1) is 42.7 Å². The van der Waals surface area contributed by atoms with Crippen LogP contribution in [0.4, 0.5) is 0 Å². The van der Waals surface area contributed by atoms with Crippen molar-refractivity contribution >= 4 is 29.1 Å². The summed E-state index contributed by atoms with van der Waals surface area (Å²) in [4.78, 5) is 33.4. The summed E-state index contributed by atoms with van der Waals surface area (Å²) in [7, 11) is 3.10. The van der Waals surface area contributed by atoms with E-state index < -0.39 is 12.0 Å². The number of fused-ring (bicyclic) bond motifs is 1. The van der Waals surface area contributed by atoms with Gasteiger partial charge in [-0.3, -0.25) is 9.36 Å². The standard InChI is InChI=1S/C37H32N2O6S/c1-4-44-36(41)32-33(26-15-9-6-10-16-26)38-37-39(34(32)27-18-19-29(42-2)30(22-27)43-3)35(40)31(46-37)21-25-14-11-17-28(20-25)45-23-24-12-7-5-8-13-24/h5-22,34H,4,23H2,1-3H3/b31-21+/t34-/m1/s1. The quantitative estimate of drug-likeness (QED) is 0.188. The number of rotatable bonds is 10. The fourth-order valence-electron chi connectivity index (χ4n) is 5.37. The third kappa shape index (κ3) is 6.23. The average Bonchev–Trinajstić information content (AvgIpc) is 3.41. The van der Waals surface area contributed by atoms with Gasteiger partial charge in [0.1, 0.15) is 12.4 Å². The zero-order chi connectivity index (χ0) is 32.0. The van der Waals surface area contributed by atoms with E-state index >= 15 is 0 Å². The highest BCUT2D eigenvalue weighted by molar-refractivity contribution is 7.07. The molecular formula is C37H32N2O6S. The van der Waals surface area contributed by atoms with Gasteiger partial charge in [-0.15, -0.1) is 0 Å². The van der Waals surface area contributed by atoms with Crippen molar-refractivity contribution < 1.29 is 23.7 Å². The molecule has 0 unspecified atom stereocenters. The maximum absolute atomic E-state index is 14.3. The summed E-state index contributed by atoms with van der Waals surface area (Å²) in [5, 5.41) is 0. The zero-order valence-electron chi connectivity index (χ0n) is 25.6. The molecule has 8 nitrogen and oxygen atoms in total. The highest BCUT2D eigenvalue weighted by Crippen LogP contribution is 2.38. The van der Waals surface area contributed by atoms with E-state index in [1.165, 1.54) is 11.3 Å². The Kier molecular flexibility index (Phi) is 9.12. The van der Waals surface area contributed by atoms with Gasteiger partial charge >= 0.3 is 5.97 Å². The lowest BCUT2D eigenvalue weighted by atomic mass is 9.93. The van der Waals surface area contributed by atoms with Crippen LogP contribution < -0.4 is 29.1 Å². The molecule has 0 aliphatic carbocycles. The summed E-state index contributed by atoms with van der Waals surface area (Å²) in [6.45, 7) is 2.34. The molecule has 0 radical (unpaired) electrons. The van der Waals surface area contributed by atoms with Crippen molar-refractivity contribution in [1.82, 2.24) is 4.57 Å². The fourth-order valence-corrected chi connectivity index (χ4v) is 6.37. The Labute approximate surface area is 270 Å². The first kappa shape index (κ1) is 30.6. The van der Waals surface area contributed by atoms with Crippen LogP contribution in [-0.2, 0) is 16.1 Å². The van der Waals surface area contributed by atoms with Gasteiger partial charge in [0.25, 0.3) is 5.56 Å². The van der Waals surface area contributed by atoms with Crippen LogP contribution in [0.2, 0.25) is 0 Å². The Bertz CT molecular complexity index is 2080. The Hall–Kier alpha value is -5.41. The number of nitrogens with zero attached hydrogens (tertiary/aromatic N) is 2. The van der Waals surface area contributed by atoms with Crippen LogP contribution in [0.5, 0.6) is 17.2 Å². The summed E-state index contributed by atoms with van der Waals surface area (Å²) in [5.41, 5.74) is 3.66. The number of benzene rings is 4. The summed E-state index contributed by atoms with van der Waals surface area (Å²) < 4.78 is 24.7. The second kappa shape index (κ2) is 13.7. The van der Waals surface area contributed by atoms with E-state index in [0.29, 0.717) is 44.4 Å². The van der Waals surface area contributed by atoms with E-state index in [9.17, 15) is 9.59 Å². The second-order valence-electron chi connectivity index (χ2n) is 10.4. The molecule has 1 atom stereocenters. The summed E-state index contributed by atoms with van der Waals surface area (Å²) in [6.07, 6.45) is 1.82. The minimum absolute atomic E-state index is 0.163. The number of thiazole rings is 1. The van der Waals surface area contributed by atoms with Gasteiger partial charge in [-0.05, 0) is 54.0 Å². The molecule has 4 aromatic carbocycles.